The van der Waals surface area contributed by atoms with Crippen LogP contribution in [0.1, 0.15) is 24.1 Å². The number of rotatable bonds is 5. The number of ether oxygens (including phenoxy) is 2. The van der Waals surface area contributed by atoms with Gasteiger partial charge in [0.15, 0.2) is 0 Å². The Morgan fingerprint density at radius 1 is 1.35 bits per heavy atom. The molecule has 0 bridgehead atoms. The smallest absolute Gasteiger partial charge is 0.146 e. The maximum absolute atomic E-state index is 12.0. The predicted molar refractivity (Wildman–Crippen MR) is 86.3 cm³/mol. The lowest BCUT2D eigenvalue weighted by atomic mass is 10.0. The van der Waals surface area contributed by atoms with Crippen molar-refractivity contribution in [2.24, 2.45) is 5.92 Å². The Morgan fingerprint density at radius 3 is 2.91 bits per heavy atom. The predicted octanol–water partition coefficient (Wildman–Crippen LogP) is 2.57. The molecule has 2 heterocycles. The average Bonchev–Trinajstić information content (AvgIpc) is 3.29. The summed E-state index contributed by atoms with van der Waals surface area (Å²) in [4.78, 5) is 21.2. The van der Waals surface area contributed by atoms with Crippen molar-refractivity contribution in [1.82, 2.24) is 9.97 Å². The SMILES string of the molecule is COc1ccc(C2=CCOC2)c2ncc(CC(=O)C3CC3)nc12. The average molecular weight is 310 g/mol. The van der Waals surface area contributed by atoms with Crippen LogP contribution in [0.25, 0.3) is 16.6 Å². The van der Waals surface area contributed by atoms with Crippen molar-refractivity contribution < 1.29 is 14.3 Å². The second kappa shape index (κ2) is 5.74. The molecule has 1 aliphatic carbocycles. The van der Waals surface area contributed by atoms with E-state index in [1.807, 2.05) is 12.1 Å². The van der Waals surface area contributed by atoms with Crippen LogP contribution in [0, 0.1) is 5.92 Å². The van der Waals surface area contributed by atoms with E-state index >= 15 is 0 Å². The molecule has 1 saturated carbocycles. The molecule has 118 valence electrons. The van der Waals surface area contributed by atoms with E-state index in [1.54, 1.807) is 13.3 Å². The Kier molecular flexibility index (Phi) is 3.58. The lowest BCUT2D eigenvalue weighted by Crippen LogP contribution is -2.07. The summed E-state index contributed by atoms with van der Waals surface area (Å²) < 4.78 is 10.8. The molecular weight excluding hydrogens is 292 g/mol. The molecule has 0 unspecified atom stereocenters. The number of carbonyl (C=O) groups is 1. The van der Waals surface area contributed by atoms with Crippen LogP contribution in [-0.2, 0) is 16.0 Å². The van der Waals surface area contributed by atoms with Gasteiger partial charge in [-0.25, -0.2) is 4.98 Å². The number of hydrogen-bond acceptors (Lipinski definition) is 5. The highest BCUT2D eigenvalue weighted by Gasteiger charge is 2.29. The van der Waals surface area contributed by atoms with Gasteiger partial charge in [0.2, 0.25) is 0 Å². The third-order valence-electron chi connectivity index (χ3n) is 4.37. The standard InChI is InChI=1S/C18H18N2O3/c1-22-16-5-4-14(12-6-7-23-10-12)17-18(16)20-13(9-19-17)8-15(21)11-2-3-11/h4-6,9,11H,2-3,7-8,10H2,1H3. The van der Waals surface area contributed by atoms with Gasteiger partial charge in [-0.1, -0.05) is 6.08 Å². The van der Waals surface area contributed by atoms with Gasteiger partial charge in [-0.05, 0) is 30.5 Å². The molecule has 5 heteroatoms. The van der Waals surface area contributed by atoms with E-state index in [9.17, 15) is 4.79 Å². The van der Waals surface area contributed by atoms with Crippen LogP contribution in [0.5, 0.6) is 5.75 Å². The van der Waals surface area contributed by atoms with Crippen LogP contribution in [0.15, 0.2) is 24.4 Å². The summed E-state index contributed by atoms with van der Waals surface area (Å²) in [6.07, 6.45) is 6.16. The summed E-state index contributed by atoms with van der Waals surface area (Å²) >= 11 is 0. The van der Waals surface area contributed by atoms with Gasteiger partial charge in [0.25, 0.3) is 0 Å². The van der Waals surface area contributed by atoms with Crippen LogP contribution < -0.4 is 4.74 Å². The summed E-state index contributed by atoms with van der Waals surface area (Å²) in [5.74, 6) is 1.18. The summed E-state index contributed by atoms with van der Waals surface area (Å²) in [5, 5.41) is 0. The van der Waals surface area contributed by atoms with E-state index in [2.05, 4.69) is 16.0 Å². The van der Waals surface area contributed by atoms with Gasteiger partial charge in [0.1, 0.15) is 22.6 Å². The van der Waals surface area contributed by atoms with E-state index in [4.69, 9.17) is 9.47 Å². The maximum Gasteiger partial charge on any atom is 0.146 e. The number of hydrogen-bond donors (Lipinski definition) is 0. The highest BCUT2D eigenvalue weighted by Crippen LogP contribution is 2.33. The van der Waals surface area contributed by atoms with Crippen molar-refractivity contribution in [2.45, 2.75) is 19.3 Å². The minimum absolute atomic E-state index is 0.238. The fourth-order valence-electron chi connectivity index (χ4n) is 2.92. The Balaban J connectivity index is 1.77. The molecule has 1 fully saturated rings. The molecule has 0 radical (unpaired) electrons. The first-order valence-electron chi connectivity index (χ1n) is 7.88. The lowest BCUT2D eigenvalue weighted by molar-refractivity contribution is -0.119. The van der Waals surface area contributed by atoms with Crippen molar-refractivity contribution in [3.05, 3.63) is 35.7 Å². The number of methoxy groups -OCH3 is 1. The van der Waals surface area contributed by atoms with Crippen LogP contribution in [0.3, 0.4) is 0 Å². The summed E-state index contributed by atoms with van der Waals surface area (Å²) in [6.45, 7) is 1.22. The van der Waals surface area contributed by atoms with Gasteiger partial charge in [0.05, 0.1) is 32.4 Å². The first kappa shape index (κ1) is 14.3. The van der Waals surface area contributed by atoms with Crippen molar-refractivity contribution >= 4 is 22.4 Å². The quantitative estimate of drug-likeness (QED) is 0.849. The number of benzene rings is 1. The van der Waals surface area contributed by atoms with Crippen LogP contribution >= 0.6 is 0 Å². The first-order valence-corrected chi connectivity index (χ1v) is 7.88. The second-order valence-electron chi connectivity index (χ2n) is 6.04. The van der Waals surface area contributed by atoms with Gasteiger partial charge in [-0.3, -0.25) is 9.78 Å². The zero-order valence-electron chi connectivity index (χ0n) is 13.0. The van der Waals surface area contributed by atoms with Crippen LogP contribution in [0.4, 0.5) is 0 Å². The summed E-state index contributed by atoms with van der Waals surface area (Å²) in [7, 11) is 1.62. The van der Waals surface area contributed by atoms with Gasteiger partial charge >= 0.3 is 0 Å². The first-order chi connectivity index (χ1) is 11.3. The zero-order chi connectivity index (χ0) is 15.8. The number of carbonyl (C=O) groups excluding carboxylic acids is 1. The number of Topliss-reactive ketones (excluding diaryl/α,β-unsaturated/α-hetero) is 1. The molecule has 0 N–H and O–H groups in total. The summed E-state index contributed by atoms with van der Waals surface area (Å²) in [5.41, 5.74) is 4.35. The van der Waals surface area contributed by atoms with E-state index < -0.39 is 0 Å². The van der Waals surface area contributed by atoms with E-state index in [-0.39, 0.29) is 11.7 Å². The molecular formula is C18H18N2O3. The molecule has 2 aromatic rings. The van der Waals surface area contributed by atoms with Gasteiger partial charge in [0, 0.05) is 17.7 Å². The van der Waals surface area contributed by atoms with Crippen molar-refractivity contribution in [1.29, 1.82) is 0 Å². The number of ketones is 1. The van der Waals surface area contributed by atoms with Crippen molar-refractivity contribution in [3.63, 3.8) is 0 Å². The molecule has 1 aromatic carbocycles. The third-order valence-corrected chi connectivity index (χ3v) is 4.37. The Morgan fingerprint density at radius 2 is 2.22 bits per heavy atom. The Bertz CT molecular complexity index is 809. The number of fused-ring (bicyclic) bond motifs is 1. The molecule has 2 aliphatic rings. The maximum atomic E-state index is 12.0. The normalized spacial score (nSPS) is 17.3. The van der Waals surface area contributed by atoms with Gasteiger partial charge in [-0.2, -0.15) is 0 Å². The number of aromatic nitrogens is 2. The van der Waals surface area contributed by atoms with Gasteiger partial charge in [-0.15, -0.1) is 0 Å². The molecule has 0 spiro atoms. The molecule has 5 nitrogen and oxygen atoms in total. The third kappa shape index (κ3) is 2.72. The Labute approximate surface area is 134 Å². The van der Waals surface area contributed by atoms with E-state index in [0.717, 1.165) is 29.5 Å². The van der Waals surface area contributed by atoms with E-state index in [0.29, 0.717) is 36.6 Å². The topological polar surface area (TPSA) is 61.3 Å². The largest absolute Gasteiger partial charge is 0.494 e. The van der Waals surface area contributed by atoms with Gasteiger partial charge < -0.3 is 9.47 Å². The van der Waals surface area contributed by atoms with Crippen molar-refractivity contribution in [2.75, 3.05) is 20.3 Å². The molecule has 0 atom stereocenters. The van der Waals surface area contributed by atoms with E-state index in [1.165, 1.54) is 0 Å². The molecule has 4 rings (SSSR count). The van der Waals surface area contributed by atoms with Crippen LogP contribution in [0.2, 0.25) is 0 Å². The fourth-order valence-corrected chi connectivity index (χ4v) is 2.92. The molecule has 23 heavy (non-hydrogen) atoms. The summed E-state index contributed by atoms with van der Waals surface area (Å²) in [6, 6.07) is 3.89. The molecule has 0 amide bonds. The highest BCUT2D eigenvalue weighted by molar-refractivity contribution is 5.93. The van der Waals surface area contributed by atoms with Crippen LogP contribution in [-0.4, -0.2) is 36.1 Å². The second-order valence-corrected chi connectivity index (χ2v) is 6.04. The lowest BCUT2D eigenvalue weighted by Gasteiger charge is -2.11. The minimum Gasteiger partial charge on any atom is -0.494 e. The molecule has 1 aromatic heterocycles. The minimum atomic E-state index is 0.238. The molecule has 1 aliphatic heterocycles. The van der Waals surface area contributed by atoms with Crippen molar-refractivity contribution in [3.8, 4) is 5.75 Å². The number of nitrogens with zero attached hydrogens (tertiary/aromatic N) is 2. The highest BCUT2D eigenvalue weighted by atomic mass is 16.5. The Hall–Kier alpha value is -2.27. The molecule has 0 saturated heterocycles. The monoisotopic (exact) mass is 310 g/mol. The zero-order valence-corrected chi connectivity index (χ0v) is 13.0. The fraction of sp³-hybridized carbons (Fsp3) is 0.389.